The predicted molar refractivity (Wildman–Crippen MR) is 95.1 cm³/mol. The van der Waals surface area contributed by atoms with E-state index >= 15 is 0 Å². The highest BCUT2D eigenvalue weighted by Crippen LogP contribution is 2.38. The fourth-order valence-electron chi connectivity index (χ4n) is 3.39. The zero-order chi connectivity index (χ0) is 16.1. The summed E-state index contributed by atoms with van der Waals surface area (Å²) in [5.74, 6) is 1.83. The van der Waals surface area contributed by atoms with E-state index in [-0.39, 0.29) is 0 Å². The topological polar surface area (TPSA) is 18.5 Å². The molecule has 0 atom stereocenters. The number of ether oxygens (including phenoxy) is 2. The Hall–Kier alpha value is -2.22. The standard InChI is InChI=1S/C21H24O2/c1-22-18-14-12-17(13-15-18)21(16-8-4-3-5-9-16)19-10-6-7-11-20(19)23-2/h6-7,10-15H,3-5,8-9H2,1-2H3. The smallest absolute Gasteiger partial charge is 0.126 e. The van der Waals surface area contributed by atoms with Gasteiger partial charge in [0.1, 0.15) is 11.5 Å². The Morgan fingerprint density at radius 3 is 2.13 bits per heavy atom. The Labute approximate surface area is 138 Å². The third kappa shape index (κ3) is 3.42. The van der Waals surface area contributed by atoms with Crippen LogP contribution in [0.4, 0.5) is 0 Å². The molecule has 1 aliphatic carbocycles. The van der Waals surface area contributed by atoms with Gasteiger partial charge in [0.15, 0.2) is 0 Å². The van der Waals surface area contributed by atoms with Crippen molar-refractivity contribution in [2.24, 2.45) is 0 Å². The van der Waals surface area contributed by atoms with Gasteiger partial charge in [0, 0.05) is 5.56 Å². The molecule has 1 fully saturated rings. The molecule has 0 amide bonds. The largest absolute Gasteiger partial charge is 0.497 e. The van der Waals surface area contributed by atoms with Crippen molar-refractivity contribution in [2.45, 2.75) is 32.1 Å². The van der Waals surface area contributed by atoms with Crippen LogP contribution in [0.5, 0.6) is 11.5 Å². The molecule has 0 unspecified atom stereocenters. The fraction of sp³-hybridized carbons (Fsp3) is 0.333. The lowest BCUT2D eigenvalue weighted by Gasteiger charge is -2.21. The SMILES string of the molecule is COc1ccc(C(=C2CCCCC2)c2ccccc2OC)cc1. The quantitative estimate of drug-likeness (QED) is 0.745. The van der Waals surface area contributed by atoms with Crippen molar-refractivity contribution in [3.8, 4) is 11.5 Å². The van der Waals surface area contributed by atoms with E-state index in [1.54, 1.807) is 19.8 Å². The molecule has 23 heavy (non-hydrogen) atoms. The van der Waals surface area contributed by atoms with Crippen LogP contribution in [0.15, 0.2) is 54.1 Å². The summed E-state index contributed by atoms with van der Waals surface area (Å²) in [5, 5.41) is 0. The number of hydrogen-bond acceptors (Lipinski definition) is 2. The summed E-state index contributed by atoms with van der Waals surface area (Å²) in [6.07, 6.45) is 6.26. The summed E-state index contributed by atoms with van der Waals surface area (Å²) in [6.45, 7) is 0. The van der Waals surface area contributed by atoms with Gasteiger partial charge in [-0.25, -0.2) is 0 Å². The first-order valence-corrected chi connectivity index (χ1v) is 8.33. The van der Waals surface area contributed by atoms with Crippen molar-refractivity contribution in [1.29, 1.82) is 0 Å². The second-order valence-electron chi connectivity index (χ2n) is 5.97. The Morgan fingerprint density at radius 1 is 0.783 bits per heavy atom. The van der Waals surface area contributed by atoms with E-state index in [1.807, 2.05) is 24.3 Å². The average molecular weight is 308 g/mol. The molecule has 1 aliphatic rings. The molecule has 0 heterocycles. The minimum Gasteiger partial charge on any atom is -0.497 e. The number of allylic oxidation sites excluding steroid dienone is 1. The Bertz CT molecular complexity index is 675. The maximum Gasteiger partial charge on any atom is 0.126 e. The number of hydrogen-bond donors (Lipinski definition) is 0. The van der Waals surface area contributed by atoms with Crippen molar-refractivity contribution < 1.29 is 9.47 Å². The molecule has 2 nitrogen and oxygen atoms in total. The lowest BCUT2D eigenvalue weighted by atomic mass is 9.84. The summed E-state index contributed by atoms with van der Waals surface area (Å²) in [4.78, 5) is 0. The van der Waals surface area contributed by atoms with Crippen molar-refractivity contribution in [3.05, 3.63) is 65.2 Å². The van der Waals surface area contributed by atoms with Crippen LogP contribution in [-0.4, -0.2) is 14.2 Å². The van der Waals surface area contributed by atoms with Crippen LogP contribution in [0.25, 0.3) is 5.57 Å². The molecule has 0 radical (unpaired) electrons. The summed E-state index contributed by atoms with van der Waals surface area (Å²) in [6, 6.07) is 16.7. The van der Waals surface area contributed by atoms with Gasteiger partial charge in [-0.3, -0.25) is 0 Å². The first-order valence-electron chi connectivity index (χ1n) is 8.33. The zero-order valence-electron chi connectivity index (χ0n) is 14.0. The van der Waals surface area contributed by atoms with E-state index in [4.69, 9.17) is 9.47 Å². The summed E-state index contributed by atoms with van der Waals surface area (Å²) < 4.78 is 10.9. The molecular weight excluding hydrogens is 284 g/mol. The van der Waals surface area contributed by atoms with Crippen molar-refractivity contribution >= 4 is 5.57 Å². The molecular formula is C21H24O2. The Kier molecular flexibility index (Phi) is 5.02. The third-order valence-corrected chi connectivity index (χ3v) is 4.57. The summed E-state index contributed by atoms with van der Waals surface area (Å²) >= 11 is 0. The van der Waals surface area contributed by atoms with Crippen LogP contribution in [-0.2, 0) is 0 Å². The minimum absolute atomic E-state index is 0.891. The highest BCUT2D eigenvalue weighted by Gasteiger charge is 2.17. The van der Waals surface area contributed by atoms with Gasteiger partial charge in [-0.2, -0.15) is 0 Å². The Morgan fingerprint density at radius 2 is 1.48 bits per heavy atom. The van der Waals surface area contributed by atoms with Gasteiger partial charge < -0.3 is 9.47 Å². The second-order valence-corrected chi connectivity index (χ2v) is 5.97. The molecule has 1 saturated carbocycles. The molecule has 0 N–H and O–H groups in total. The Balaban J connectivity index is 2.13. The minimum atomic E-state index is 0.891. The second kappa shape index (κ2) is 7.36. The van der Waals surface area contributed by atoms with E-state index in [0.29, 0.717) is 0 Å². The molecule has 0 saturated heterocycles. The van der Waals surface area contributed by atoms with E-state index < -0.39 is 0 Å². The summed E-state index contributed by atoms with van der Waals surface area (Å²) in [5.41, 5.74) is 5.32. The van der Waals surface area contributed by atoms with Gasteiger partial charge in [0.2, 0.25) is 0 Å². The molecule has 2 aromatic rings. The van der Waals surface area contributed by atoms with E-state index in [2.05, 4.69) is 24.3 Å². The predicted octanol–water partition coefficient (Wildman–Crippen LogP) is 5.47. The maximum absolute atomic E-state index is 5.62. The monoisotopic (exact) mass is 308 g/mol. The first-order chi connectivity index (χ1) is 11.3. The van der Waals surface area contributed by atoms with Crippen LogP contribution in [0, 0.1) is 0 Å². The van der Waals surface area contributed by atoms with Crippen LogP contribution in [0.1, 0.15) is 43.2 Å². The fourth-order valence-corrected chi connectivity index (χ4v) is 3.39. The van der Waals surface area contributed by atoms with E-state index in [0.717, 1.165) is 11.5 Å². The number of methoxy groups -OCH3 is 2. The van der Waals surface area contributed by atoms with E-state index in [9.17, 15) is 0 Å². The highest BCUT2D eigenvalue weighted by molar-refractivity contribution is 5.85. The average Bonchev–Trinajstić information content (AvgIpc) is 2.64. The van der Waals surface area contributed by atoms with Crippen molar-refractivity contribution in [1.82, 2.24) is 0 Å². The van der Waals surface area contributed by atoms with Gasteiger partial charge >= 0.3 is 0 Å². The van der Waals surface area contributed by atoms with E-state index in [1.165, 1.54) is 48.8 Å². The van der Waals surface area contributed by atoms with Gasteiger partial charge in [0.25, 0.3) is 0 Å². The van der Waals surface area contributed by atoms with Crippen molar-refractivity contribution in [3.63, 3.8) is 0 Å². The first kappa shape index (κ1) is 15.7. The molecule has 2 aromatic carbocycles. The van der Waals surface area contributed by atoms with Crippen molar-refractivity contribution in [2.75, 3.05) is 14.2 Å². The zero-order valence-corrected chi connectivity index (χ0v) is 14.0. The third-order valence-electron chi connectivity index (χ3n) is 4.57. The lowest BCUT2D eigenvalue weighted by molar-refractivity contribution is 0.413. The normalized spacial score (nSPS) is 14.4. The number of rotatable bonds is 4. The highest BCUT2D eigenvalue weighted by atomic mass is 16.5. The molecule has 0 bridgehead atoms. The van der Waals surface area contributed by atoms with Crippen LogP contribution in [0.2, 0.25) is 0 Å². The van der Waals surface area contributed by atoms with Gasteiger partial charge in [-0.15, -0.1) is 0 Å². The van der Waals surface area contributed by atoms with Gasteiger partial charge in [-0.1, -0.05) is 42.3 Å². The van der Waals surface area contributed by atoms with Gasteiger partial charge in [-0.05, 0) is 55.0 Å². The lowest BCUT2D eigenvalue weighted by Crippen LogP contribution is -2.02. The molecule has 0 aliphatic heterocycles. The van der Waals surface area contributed by atoms with Crippen LogP contribution >= 0.6 is 0 Å². The van der Waals surface area contributed by atoms with Gasteiger partial charge in [0.05, 0.1) is 14.2 Å². The molecule has 120 valence electrons. The molecule has 3 rings (SSSR count). The molecule has 2 heteroatoms. The molecule has 0 aromatic heterocycles. The van der Waals surface area contributed by atoms with Crippen LogP contribution < -0.4 is 9.47 Å². The molecule has 0 spiro atoms. The van der Waals surface area contributed by atoms with Crippen LogP contribution in [0.3, 0.4) is 0 Å². The number of para-hydroxylation sites is 1. The maximum atomic E-state index is 5.62. The number of benzene rings is 2. The summed E-state index contributed by atoms with van der Waals surface area (Å²) in [7, 11) is 3.45.